The van der Waals surface area contributed by atoms with E-state index >= 15 is 0 Å². The van der Waals surface area contributed by atoms with Crippen LogP contribution in [0.3, 0.4) is 0 Å². The molecule has 1 aromatic rings. The number of halogens is 2. The van der Waals surface area contributed by atoms with Crippen LogP contribution in [0.2, 0.25) is 0 Å². The van der Waals surface area contributed by atoms with Crippen molar-refractivity contribution >= 4 is 15.9 Å². The first kappa shape index (κ1) is 12.6. The SMILES string of the molecule is COCCCC(N)c1cc(Br)ccc1F. The molecule has 0 spiro atoms. The molecule has 1 rings (SSSR count). The summed E-state index contributed by atoms with van der Waals surface area (Å²) in [7, 11) is 1.64. The van der Waals surface area contributed by atoms with E-state index in [2.05, 4.69) is 15.9 Å². The van der Waals surface area contributed by atoms with Crippen molar-refractivity contribution in [2.24, 2.45) is 5.73 Å². The highest BCUT2D eigenvalue weighted by Crippen LogP contribution is 2.23. The summed E-state index contributed by atoms with van der Waals surface area (Å²) in [5.74, 6) is -0.247. The molecule has 0 amide bonds. The molecule has 0 heterocycles. The normalized spacial score (nSPS) is 12.8. The van der Waals surface area contributed by atoms with Crippen molar-refractivity contribution in [2.45, 2.75) is 18.9 Å². The van der Waals surface area contributed by atoms with Crippen LogP contribution >= 0.6 is 15.9 Å². The summed E-state index contributed by atoms with van der Waals surface area (Å²) in [4.78, 5) is 0. The molecule has 0 aliphatic rings. The Balaban J connectivity index is 2.64. The van der Waals surface area contributed by atoms with E-state index in [4.69, 9.17) is 10.5 Å². The molecular weight excluding hydrogens is 261 g/mol. The summed E-state index contributed by atoms with van der Waals surface area (Å²) in [6.45, 7) is 0.656. The summed E-state index contributed by atoms with van der Waals surface area (Å²) in [6, 6.07) is 4.56. The average Bonchev–Trinajstić information content (AvgIpc) is 2.22. The Morgan fingerprint density at radius 3 is 2.93 bits per heavy atom. The Morgan fingerprint density at radius 1 is 1.53 bits per heavy atom. The fourth-order valence-corrected chi connectivity index (χ4v) is 1.78. The van der Waals surface area contributed by atoms with Crippen LogP contribution in [-0.2, 0) is 4.74 Å². The van der Waals surface area contributed by atoms with Crippen molar-refractivity contribution < 1.29 is 9.13 Å². The second kappa shape index (κ2) is 6.20. The Hall–Kier alpha value is -0.450. The lowest BCUT2D eigenvalue weighted by atomic mass is 10.0. The van der Waals surface area contributed by atoms with Gasteiger partial charge < -0.3 is 10.5 Å². The van der Waals surface area contributed by atoms with Crippen molar-refractivity contribution in [3.8, 4) is 0 Å². The van der Waals surface area contributed by atoms with Crippen molar-refractivity contribution in [3.05, 3.63) is 34.1 Å². The number of methoxy groups -OCH3 is 1. The summed E-state index contributed by atoms with van der Waals surface area (Å²) in [6.07, 6.45) is 1.56. The maximum atomic E-state index is 13.4. The standard InChI is InChI=1S/C11H15BrFNO/c1-15-6-2-3-11(14)9-7-8(12)4-5-10(9)13/h4-5,7,11H,2-3,6,14H2,1H3. The molecule has 0 saturated carbocycles. The van der Waals surface area contributed by atoms with Crippen LogP contribution in [-0.4, -0.2) is 13.7 Å². The molecule has 0 radical (unpaired) electrons. The molecule has 0 fully saturated rings. The average molecular weight is 276 g/mol. The largest absolute Gasteiger partial charge is 0.385 e. The molecule has 0 bridgehead atoms. The van der Waals surface area contributed by atoms with Gasteiger partial charge in [0.05, 0.1) is 0 Å². The quantitative estimate of drug-likeness (QED) is 0.839. The molecule has 0 aromatic heterocycles. The smallest absolute Gasteiger partial charge is 0.128 e. The third-order valence-corrected chi connectivity index (χ3v) is 2.71. The predicted octanol–water partition coefficient (Wildman–Crippen LogP) is 3.01. The van der Waals surface area contributed by atoms with E-state index in [0.717, 1.165) is 17.3 Å². The summed E-state index contributed by atoms with van der Waals surface area (Å²) >= 11 is 3.30. The van der Waals surface area contributed by atoms with E-state index in [1.807, 2.05) is 0 Å². The van der Waals surface area contributed by atoms with Gasteiger partial charge in [-0.2, -0.15) is 0 Å². The summed E-state index contributed by atoms with van der Waals surface area (Å²) in [5.41, 5.74) is 6.45. The minimum atomic E-state index is -0.266. The van der Waals surface area contributed by atoms with E-state index in [1.54, 1.807) is 19.2 Å². The van der Waals surface area contributed by atoms with Gasteiger partial charge in [-0.05, 0) is 31.0 Å². The van der Waals surface area contributed by atoms with E-state index in [-0.39, 0.29) is 11.9 Å². The highest BCUT2D eigenvalue weighted by molar-refractivity contribution is 9.10. The molecule has 1 atom stereocenters. The molecule has 2 N–H and O–H groups in total. The highest BCUT2D eigenvalue weighted by atomic mass is 79.9. The second-order valence-electron chi connectivity index (χ2n) is 3.41. The van der Waals surface area contributed by atoms with Gasteiger partial charge in [0.15, 0.2) is 0 Å². The monoisotopic (exact) mass is 275 g/mol. The molecule has 2 nitrogen and oxygen atoms in total. The number of ether oxygens (including phenoxy) is 1. The molecule has 0 saturated heterocycles. The fraction of sp³-hybridized carbons (Fsp3) is 0.455. The van der Waals surface area contributed by atoms with Crippen LogP contribution < -0.4 is 5.73 Å². The first-order valence-electron chi connectivity index (χ1n) is 4.84. The van der Waals surface area contributed by atoms with Gasteiger partial charge in [0.25, 0.3) is 0 Å². The molecule has 84 valence electrons. The first-order chi connectivity index (χ1) is 7.15. The van der Waals surface area contributed by atoms with Gasteiger partial charge in [-0.25, -0.2) is 4.39 Å². The van der Waals surface area contributed by atoms with E-state index in [1.165, 1.54) is 6.07 Å². The first-order valence-corrected chi connectivity index (χ1v) is 5.64. The predicted molar refractivity (Wildman–Crippen MR) is 62.1 cm³/mol. The molecular formula is C11H15BrFNO. The Bertz CT molecular complexity index is 319. The van der Waals surface area contributed by atoms with Crippen LogP contribution in [0.4, 0.5) is 4.39 Å². The van der Waals surface area contributed by atoms with Crippen LogP contribution in [0.15, 0.2) is 22.7 Å². The summed E-state index contributed by atoms with van der Waals surface area (Å²) < 4.78 is 19.2. The van der Waals surface area contributed by atoms with Gasteiger partial charge in [0.2, 0.25) is 0 Å². The maximum absolute atomic E-state index is 13.4. The lowest BCUT2D eigenvalue weighted by Crippen LogP contribution is -2.12. The number of nitrogens with two attached hydrogens (primary N) is 1. The summed E-state index contributed by atoms with van der Waals surface area (Å²) in [5, 5.41) is 0. The Morgan fingerprint density at radius 2 is 2.27 bits per heavy atom. The van der Waals surface area contributed by atoms with Gasteiger partial charge in [0, 0.05) is 29.8 Å². The number of rotatable bonds is 5. The third kappa shape index (κ3) is 3.89. The lowest BCUT2D eigenvalue weighted by molar-refractivity contribution is 0.190. The van der Waals surface area contributed by atoms with E-state index in [0.29, 0.717) is 12.2 Å². The van der Waals surface area contributed by atoms with Crippen LogP contribution in [0, 0.1) is 5.82 Å². The topological polar surface area (TPSA) is 35.2 Å². The molecule has 0 aliphatic heterocycles. The molecule has 15 heavy (non-hydrogen) atoms. The third-order valence-electron chi connectivity index (χ3n) is 2.22. The van der Waals surface area contributed by atoms with Gasteiger partial charge >= 0.3 is 0 Å². The van der Waals surface area contributed by atoms with Gasteiger partial charge in [-0.15, -0.1) is 0 Å². The number of hydrogen-bond donors (Lipinski definition) is 1. The molecule has 1 aromatic carbocycles. The zero-order valence-electron chi connectivity index (χ0n) is 8.67. The van der Waals surface area contributed by atoms with Gasteiger partial charge in [-0.3, -0.25) is 0 Å². The zero-order chi connectivity index (χ0) is 11.3. The fourth-order valence-electron chi connectivity index (χ4n) is 1.40. The van der Waals surface area contributed by atoms with E-state index < -0.39 is 0 Å². The van der Waals surface area contributed by atoms with Crippen molar-refractivity contribution in [3.63, 3.8) is 0 Å². The lowest BCUT2D eigenvalue weighted by Gasteiger charge is -2.12. The maximum Gasteiger partial charge on any atom is 0.128 e. The molecule has 4 heteroatoms. The van der Waals surface area contributed by atoms with Crippen LogP contribution in [0.25, 0.3) is 0 Å². The Labute approximate surface area is 97.7 Å². The number of benzene rings is 1. The van der Waals surface area contributed by atoms with Crippen molar-refractivity contribution in [2.75, 3.05) is 13.7 Å². The minimum Gasteiger partial charge on any atom is -0.385 e. The second-order valence-corrected chi connectivity index (χ2v) is 4.32. The number of hydrogen-bond acceptors (Lipinski definition) is 2. The van der Waals surface area contributed by atoms with Gasteiger partial charge in [-0.1, -0.05) is 15.9 Å². The molecule has 1 unspecified atom stereocenters. The Kier molecular flexibility index (Phi) is 5.22. The zero-order valence-corrected chi connectivity index (χ0v) is 10.3. The van der Waals surface area contributed by atoms with Crippen molar-refractivity contribution in [1.29, 1.82) is 0 Å². The molecule has 0 aliphatic carbocycles. The minimum absolute atomic E-state index is 0.247. The van der Waals surface area contributed by atoms with Gasteiger partial charge in [0.1, 0.15) is 5.82 Å². The van der Waals surface area contributed by atoms with Crippen molar-refractivity contribution in [1.82, 2.24) is 0 Å². The van der Waals surface area contributed by atoms with Crippen LogP contribution in [0.5, 0.6) is 0 Å². The highest BCUT2D eigenvalue weighted by Gasteiger charge is 2.11. The van der Waals surface area contributed by atoms with Crippen LogP contribution in [0.1, 0.15) is 24.4 Å². The van der Waals surface area contributed by atoms with E-state index in [9.17, 15) is 4.39 Å².